The molecule has 0 unspecified atom stereocenters. The molecule has 26 heavy (non-hydrogen) atoms. The van der Waals surface area contributed by atoms with Crippen LogP contribution in [0.1, 0.15) is 40.5 Å². The van der Waals surface area contributed by atoms with Gasteiger partial charge in [-0.2, -0.15) is 5.10 Å². The summed E-state index contributed by atoms with van der Waals surface area (Å²) >= 11 is 0. The molecule has 9 nitrogen and oxygen atoms in total. The number of nitrogens with zero attached hydrogens (tertiary/aromatic N) is 4. The van der Waals surface area contributed by atoms with Gasteiger partial charge in [-0.25, -0.2) is 13.9 Å². The number of amides is 1. The number of carbonyl (C=O) groups excluding carboxylic acids is 1. The van der Waals surface area contributed by atoms with Crippen LogP contribution in [0.2, 0.25) is 0 Å². The molecule has 1 aromatic rings. The Hall–Kier alpha value is -2.39. The third kappa shape index (κ3) is 5.06. The van der Waals surface area contributed by atoms with E-state index in [1.165, 1.54) is 11.6 Å². The van der Waals surface area contributed by atoms with Gasteiger partial charge in [-0.05, 0) is 34.1 Å². The number of carbonyl (C=O) groups is 1. The molecule has 1 N–H and O–H groups in total. The van der Waals surface area contributed by atoms with Gasteiger partial charge in [0.15, 0.2) is 0 Å². The van der Waals surface area contributed by atoms with Crippen molar-refractivity contribution in [2.75, 3.05) is 18.0 Å². The second-order valence-corrected chi connectivity index (χ2v) is 7.90. The number of alkyl carbamates (subject to hydrolysis) is 1. The summed E-state index contributed by atoms with van der Waals surface area (Å²) in [4.78, 5) is 24.3. The van der Waals surface area contributed by atoms with Gasteiger partial charge in [0.2, 0.25) is 5.82 Å². The van der Waals surface area contributed by atoms with E-state index in [1.807, 2.05) is 0 Å². The molecule has 0 spiro atoms. The predicted molar refractivity (Wildman–Crippen MR) is 94.0 cm³/mol. The maximum Gasteiger partial charge on any atom is 0.407 e. The second-order valence-electron chi connectivity index (χ2n) is 7.90. The molecule has 10 heteroatoms. The van der Waals surface area contributed by atoms with Crippen LogP contribution in [0, 0.1) is 10.1 Å². The van der Waals surface area contributed by atoms with Crippen molar-refractivity contribution in [2.24, 2.45) is 7.05 Å². The Morgan fingerprint density at radius 3 is 2.77 bits per heavy atom. The first-order valence-electron chi connectivity index (χ1n) is 8.48. The van der Waals surface area contributed by atoms with Gasteiger partial charge >= 0.3 is 11.8 Å². The monoisotopic (exact) mass is 371 g/mol. The van der Waals surface area contributed by atoms with Gasteiger partial charge in [0.1, 0.15) is 17.5 Å². The number of nitro groups is 1. The first-order valence-corrected chi connectivity index (χ1v) is 8.48. The minimum Gasteiger partial charge on any atom is -0.444 e. The van der Waals surface area contributed by atoms with Gasteiger partial charge in [-0.3, -0.25) is 10.1 Å². The van der Waals surface area contributed by atoms with Crippen molar-refractivity contribution in [3.05, 3.63) is 16.3 Å². The van der Waals surface area contributed by atoms with Crippen molar-refractivity contribution in [1.82, 2.24) is 15.1 Å². The molecule has 0 bridgehead atoms. The molecule has 2 rings (SSSR count). The molecule has 1 aromatic heterocycles. The van der Waals surface area contributed by atoms with Gasteiger partial charge in [0, 0.05) is 26.1 Å². The predicted octanol–water partition coefficient (Wildman–Crippen LogP) is 2.55. The first-order chi connectivity index (χ1) is 11.9. The Morgan fingerprint density at radius 1 is 1.54 bits per heavy atom. The maximum atomic E-state index is 15.0. The van der Waals surface area contributed by atoms with E-state index in [2.05, 4.69) is 10.4 Å². The van der Waals surface area contributed by atoms with Crippen molar-refractivity contribution < 1.29 is 18.8 Å². The van der Waals surface area contributed by atoms with E-state index >= 15 is 4.39 Å². The minimum atomic E-state index is -1.64. The average molecular weight is 371 g/mol. The lowest BCUT2D eigenvalue weighted by molar-refractivity contribution is -0.384. The number of rotatable bonds is 3. The molecule has 1 amide bonds. The fourth-order valence-corrected chi connectivity index (χ4v) is 3.16. The van der Waals surface area contributed by atoms with Crippen LogP contribution >= 0.6 is 0 Å². The van der Waals surface area contributed by atoms with Gasteiger partial charge in [-0.1, -0.05) is 0 Å². The zero-order valence-corrected chi connectivity index (χ0v) is 15.8. The molecule has 0 aromatic carbocycles. The summed E-state index contributed by atoms with van der Waals surface area (Å²) in [5, 5.41) is 17.9. The molecule has 0 aliphatic carbocycles. The first kappa shape index (κ1) is 19.9. The van der Waals surface area contributed by atoms with Crippen molar-refractivity contribution in [3.63, 3.8) is 0 Å². The Labute approximate surface area is 151 Å². The van der Waals surface area contributed by atoms with E-state index in [-0.39, 0.29) is 24.5 Å². The van der Waals surface area contributed by atoms with Crippen molar-refractivity contribution in [2.45, 2.75) is 57.8 Å². The largest absolute Gasteiger partial charge is 0.444 e. The molecule has 2 atom stereocenters. The molecule has 1 saturated heterocycles. The van der Waals surface area contributed by atoms with E-state index < -0.39 is 28.3 Å². The van der Waals surface area contributed by atoms with Gasteiger partial charge in [0.25, 0.3) is 0 Å². The van der Waals surface area contributed by atoms with Crippen LogP contribution in [-0.4, -0.2) is 51.2 Å². The fourth-order valence-electron chi connectivity index (χ4n) is 3.16. The van der Waals surface area contributed by atoms with E-state index in [4.69, 9.17) is 4.74 Å². The Morgan fingerprint density at radius 2 is 2.19 bits per heavy atom. The average Bonchev–Trinajstić information content (AvgIpc) is 2.75. The normalized spacial score (nSPS) is 24.1. The Kier molecular flexibility index (Phi) is 5.43. The number of hydrogen-bond donors (Lipinski definition) is 1. The van der Waals surface area contributed by atoms with E-state index in [1.54, 1.807) is 32.7 Å². The standard InChI is InChI=1S/C16H26FN5O4/c1-15(2,3)26-14(23)19-11-6-7-21(10-16(4,17)8-11)13-12(22(24)25)9-18-20(13)5/h9,11H,6-8,10H2,1-5H3,(H,19,23)/t11-,16+/m1/s1. The Bertz CT molecular complexity index is 683. The number of aryl methyl sites for hydroxylation is 1. The highest BCUT2D eigenvalue weighted by atomic mass is 19.1. The molecule has 0 saturated carbocycles. The van der Waals surface area contributed by atoms with Crippen LogP contribution in [0.15, 0.2) is 6.20 Å². The summed E-state index contributed by atoms with van der Waals surface area (Å²) in [5.74, 6) is 0.261. The molecular formula is C16H26FN5O4. The van der Waals surface area contributed by atoms with Gasteiger partial charge in [-0.15, -0.1) is 0 Å². The summed E-state index contributed by atoms with van der Waals surface area (Å²) in [5.41, 5.74) is -2.45. The molecule has 0 radical (unpaired) electrons. The van der Waals surface area contributed by atoms with Crippen LogP contribution in [-0.2, 0) is 11.8 Å². The molecule has 146 valence electrons. The summed E-state index contributed by atoms with van der Waals surface area (Å²) in [6, 6.07) is -0.433. The molecular weight excluding hydrogens is 345 g/mol. The smallest absolute Gasteiger partial charge is 0.407 e. The SMILES string of the molecule is Cn1ncc([N+](=O)[O-])c1N1CC[C@@H](NC(=O)OC(C)(C)C)C[C@](C)(F)C1. The molecule has 1 fully saturated rings. The quantitative estimate of drug-likeness (QED) is 0.647. The lowest BCUT2D eigenvalue weighted by Crippen LogP contribution is -2.42. The third-order valence-corrected chi connectivity index (χ3v) is 4.05. The summed E-state index contributed by atoms with van der Waals surface area (Å²) in [7, 11) is 1.58. The second kappa shape index (κ2) is 7.08. The van der Waals surface area contributed by atoms with Crippen LogP contribution < -0.4 is 10.2 Å². The van der Waals surface area contributed by atoms with Crippen LogP contribution in [0.5, 0.6) is 0 Å². The van der Waals surface area contributed by atoms with Crippen LogP contribution in [0.3, 0.4) is 0 Å². The van der Waals surface area contributed by atoms with Crippen molar-refractivity contribution in [1.29, 1.82) is 0 Å². The minimum absolute atomic E-state index is 0.0279. The van der Waals surface area contributed by atoms with E-state index in [9.17, 15) is 14.9 Å². The van der Waals surface area contributed by atoms with E-state index in [0.717, 1.165) is 6.20 Å². The molecule has 2 heterocycles. The highest BCUT2D eigenvalue weighted by Gasteiger charge is 2.38. The molecule has 1 aliphatic rings. The number of aromatic nitrogens is 2. The highest BCUT2D eigenvalue weighted by Crippen LogP contribution is 2.33. The summed E-state index contributed by atoms with van der Waals surface area (Å²) in [6.07, 6.45) is 1.08. The third-order valence-electron chi connectivity index (χ3n) is 4.05. The van der Waals surface area contributed by atoms with Crippen molar-refractivity contribution in [3.8, 4) is 0 Å². The van der Waals surface area contributed by atoms with Crippen LogP contribution in [0.25, 0.3) is 0 Å². The summed E-state index contributed by atoms with van der Waals surface area (Å²) in [6.45, 7) is 7.00. The Balaban J connectivity index is 2.16. The highest BCUT2D eigenvalue weighted by molar-refractivity contribution is 5.68. The van der Waals surface area contributed by atoms with Gasteiger partial charge in [0.05, 0.1) is 11.5 Å². The zero-order valence-electron chi connectivity index (χ0n) is 15.8. The number of ether oxygens (including phenoxy) is 1. The van der Waals surface area contributed by atoms with Gasteiger partial charge < -0.3 is 15.0 Å². The molecule has 1 aliphatic heterocycles. The maximum absolute atomic E-state index is 15.0. The summed E-state index contributed by atoms with van der Waals surface area (Å²) < 4.78 is 21.6. The fraction of sp³-hybridized carbons (Fsp3) is 0.750. The van der Waals surface area contributed by atoms with Crippen LogP contribution in [0.4, 0.5) is 20.7 Å². The number of nitrogens with one attached hydrogen (secondary N) is 1. The van der Waals surface area contributed by atoms with Crippen molar-refractivity contribution >= 4 is 17.6 Å². The number of hydrogen-bond acceptors (Lipinski definition) is 6. The number of alkyl halides is 1. The lowest BCUT2D eigenvalue weighted by atomic mass is 9.98. The lowest BCUT2D eigenvalue weighted by Gasteiger charge is -2.27. The number of anilines is 1. The van der Waals surface area contributed by atoms with E-state index in [0.29, 0.717) is 13.0 Å². The number of halogens is 1. The topological polar surface area (TPSA) is 103 Å². The zero-order chi connectivity index (χ0) is 19.7.